The number of amides is 2. The number of phenolic OH excluding ortho intramolecular Hbond substituents is 1. The molecule has 4 nitrogen and oxygen atoms in total. The van der Waals surface area contributed by atoms with Crippen molar-refractivity contribution in [3.63, 3.8) is 0 Å². The molecule has 0 atom stereocenters. The summed E-state index contributed by atoms with van der Waals surface area (Å²) < 4.78 is 0. The molecule has 2 amide bonds. The molecule has 1 rings (SSSR count). The van der Waals surface area contributed by atoms with Gasteiger partial charge in [0.1, 0.15) is 5.75 Å². The second-order valence-electron chi connectivity index (χ2n) is 3.02. The van der Waals surface area contributed by atoms with Crippen LogP contribution in [0.5, 0.6) is 5.75 Å². The molecular weight excluding hydrogens is 216 g/mol. The molecular formula is C10H11ClN2O2. The number of nitrogens with one attached hydrogen (secondary N) is 2. The van der Waals surface area contributed by atoms with Crippen LogP contribution >= 0.6 is 11.6 Å². The highest BCUT2D eigenvalue weighted by molar-refractivity contribution is 6.31. The second-order valence-corrected chi connectivity index (χ2v) is 3.46. The molecule has 3 N–H and O–H groups in total. The van der Waals surface area contributed by atoms with Crippen molar-refractivity contribution in [1.82, 2.24) is 5.32 Å². The summed E-state index contributed by atoms with van der Waals surface area (Å²) in [6, 6.07) is 3.91. The summed E-state index contributed by atoms with van der Waals surface area (Å²) in [5, 5.41) is 14.7. The summed E-state index contributed by atoms with van der Waals surface area (Å²) in [6.45, 7) is 5.17. The van der Waals surface area contributed by atoms with Gasteiger partial charge in [0.2, 0.25) is 0 Å². The van der Waals surface area contributed by atoms with Gasteiger partial charge in [0.05, 0.1) is 5.69 Å². The smallest absolute Gasteiger partial charge is 0.323 e. The quantitative estimate of drug-likeness (QED) is 0.679. The Morgan fingerprint density at radius 1 is 1.53 bits per heavy atom. The fourth-order valence-electron chi connectivity index (χ4n) is 0.956. The number of anilines is 1. The van der Waals surface area contributed by atoms with Gasteiger partial charge < -0.3 is 15.7 Å². The highest BCUT2D eigenvalue weighted by Crippen LogP contribution is 2.26. The van der Waals surface area contributed by atoms with Crippen LogP contribution in [0.25, 0.3) is 0 Å². The number of carbonyl (C=O) groups is 1. The third kappa shape index (κ3) is 3.52. The third-order valence-electron chi connectivity index (χ3n) is 1.53. The number of phenols is 1. The van der Waals surface area contributed by atoms with Crippen molar-refractivity contribution in [2.24, 2.45) is 0 Å². The molecule has 80 valence electrons. The Morgan fingerprint density at radius 2 is 2.20 bits per heavy atom. The van der Waals surface area contributed by atoms with Crippen LogP contribution < -0.4 is 10.6 Å². The normalized spacial score (nSPS) is 9.47. The third-order valence-corrected chi connectivity index (χ3v) is 1.77. The van der Waals surface area contributed by atoms with E-state index in [-0.39, 0.29) is 11.4 Å². The van der Waals surface area contributed by atoms with Crippen molar-refractivity contribution >= 4 is 23.3 Å². The first-order valence-corrected chi connectivity index (χ1v) is 4.59. The zero-order valence-corrected chi connectivity index (χ0v) is 8.93. The summed E-state index contributed by atoms with van der Waals surface area (Å²) in [4.78, 5) is 11.2. The average molecular weight is 227 g/mol. The SMILES string of the molecule is C=C(C)NC(=O)Nc1cc(Cl)ccc1O. The molecule has 0 saturated carbocycles. The van der Waals surface area contributed by atoms with Crippen molar-refractivity contribution in [1.29, 1.82) is 0 Å². The van der Waals surface area contributed by atoms with Gasteiger partial charge >= 0.3 is 6.03 Å². The topological polar surface area (TPSA) is 61.4 Å². The van der Waals surface area contributed by atoms with Crippen LogP contribution in [0.2, 0.25) is 5.02 Å². The second kappa shape index (κ2) is 4.70. The van der Waals surface area contributed by atoms with Gasteiger partial charge in [-0.3, -0.25) is 0 Å². The van der Waals surface area contributed by atoms with E-state index in [4.69, 9.17) is 11.6 Å². The molecule has 0 aliphatic carbocycles. The molecule has 0 aliphatic rings. The summed E-state index contributed by atoms with van der Waals surface area (Å²) in [7, 11) is 0. The largest absolute Gasteiger partial charge is 0.506 e. The van der Waals surface area contributed by atoms with Gasteiger partial charge in [-0.05, 0) is 25.1 Å². The van der Waals surface area contributed by atoms with E-state index in [0.717, 1.165) is 0 Å². The number of rotatable bonds is 2. The van der Waals surface area contributed by atoms with Gasteiger partial charge in [-0.2, -0.15) is 0 Å². The maximum atomic E-state index is 11.2. The Hall–Kier alpha value is -1.68. The maximum Gasteiger partial charge on any atom is 0.323 e. The summed E-state index contributed by atoms with van der Waals surface area (Å²) >= 11 is 5.71. The Morgan fingerprint density at radius 3 is 2.80 bits per heavy atom. The Kier molecular flexibility index (Phi) is 3.57. The fraction of sp³-hybridized carbons (Fsp3) is 0.100. The van der Waals surface area contributed by atoms with Crippen molar-refractivity contribution in [3.8, 4) is 5.75 Å². The molecule has 0 bridgehead atoms. The van der Waals surface area contributed by atoms with Gasteiger partial charge in [0, 0.05) is 10.7 Å². The lowest BCUT2D eigenvalue weighted by molar-refractivity contribution is 0.254. The minimum atomic E-state index is -0.472. The number of hydrogen-bond acceptors (Lipinski definition) is 2. The van der Waals surface area contributed by atoms with Crippen LogP contribution in [0.3, 0.4) is 0 Å². The number of benzene rings is 1. The molecule has 0 spiro atoms. The summed E-state index contributed by atoms with van der Waals surface area (Å²) in [5.74, 6) is -0.0451. The number of carbonyl (C=O) groups excluding carboxylic acids is 1. The number of halogens is 1. The summed E-state index contributed by atoms with van der Waals surface area (Å²) in [6.07, 6.45) is 0. The first-order valence-electron chi connectivity index (χ1n) is 4.21. The van der Waals surface area contributed by atoms with Gasteiger partial charge in [-0.1, -0.05) is 18.2 Å². The van der Waals surface area contributed by atoms with E-state index in [2.05, 4.69) is 17.2 Å². The van der Waals surface area contributed by atoms with Crippen LogP contribution in [0.15, 0.2) is 30.5 Å². The molecule has 0 saturated heterocycles. The van der Waals surface area contributed by atoms with Gasteiger partial charge in [0.15, 0.2) is 0 Å². The molecule has 1 aromatic carbocycles. The lowest BCUT2D eigenvalue weighted by Gasteiger charge is -2.08. The van der Waals surface area contributed by atoms with E-state index in [9.17, 15) is 9.90 Å². The molecule has 0 radical (unpaired) electrons. The highest BCUT2D eigenvalue weighted by Gasteiger charge is 2.06. The van der Waals surface area contributed by atoms with Crippen LogP contribution in [0, 0.1) is 0 Å². The van der Waals surface area contributed by atoms with Crippen molar-refractivity contribution in [2.45, 2.75) is 6.92 Å². The Bertz CT molecular complexity index is 404. The van der Waals surface area contributed by atoms with Crippen LogP contribution in [0.1, 0.15) is 6.92 Å². The van der Waals surface area contributed by atoms with E-state index in [1.165, 1.54) is 18.2 Å². The zero-order valence-electron chi connectivity index (χ0n) is 8.17. The monoisotopic (exact) mass is 226 g/mol. The van der Waals surface area contributed by atoms with Crippen molar-refractivity contribution < 1.29 is 9.90 Å². The minimum absolute atomic E-state index is 0.0451. The molecule has 0 aromatic heterocycles. The van der Waals surface area contributed by atoms with E-state index in [0.29, 0.717) is 10.7 Å². The van der Waals surface area contributed by atoms with Crippen molar-refractivity contribution in [2.75, 3.05) is 5.32 Å². The van der Waals surface area contributed by atoms with Gasteiger partial charge in [-0.25, -0.2) is 4.79 Å². The minimum Gasteiger partial charge on any atom is -0.506 e. The van der Waals surface area contributed by atoms with E-state index < -0.39 is 6.03 Å². The standard InChI is InChI=1S/C10H11ClN2O2/c1-6(2)12-10(15)13-8-5-7(11)3-4-9(8)14/h3-5,14H,1H2,2H3,(H2,12,13,15). The summed E-state index contributed by atoms with van der Waals surface area (Å²) in [5.41, 5.74) is 0.760. The van der Waals surface area contributed by atoms with Gasteiger partial charge in [0.25, 0.3) is 0 Å². The van der Waals surface area contributed by atoms with E-state index in [1.54, 1.807) is 6.92 Å². The first kappa shape index (κ1) is 11.4. The van der Waals surface area contributed by atoms with E-state index >= 15 is 0 Å². The lowest BCUT2D eigenvalue weighted by atomic mass is 10.3. The van der Waals surface area contributed by atoms with Crippen LogP contribution in [0.4, 0.5) is 10.5 Å². The number of aromatic hydroxyl groups is 1. The highest BCUT2D eigenvalue weighted by atomic mass is 35.5. The molecule has 0 fully saturated rings. The first-order chi connectivity index (χ1) is 6.99. The van der Waals surface area contributed by atoms with Crippen molar-refractivity contribution in [3.05, 3.63) is 35.5 Å². The number of urea groups is 1. The molecule has 0 unspecified atom stereocenters. The molecule has 5 heteroatoms. The predicted molar refractivity (Wildman–Crippen MR) is 60.1 cm³/mol. The Balaban J connectivity index is 2.76. The lowest BCUT2D eigenvalue weighted by Crippen LogP contribution is -2.26. The van der Waals surface area contributed by atoms with Crippen LogP contribution in [-0.4, -0.2) is 11.1 Å². The average Bonchev–Trinajstić information content (AvgIpc) is 2.10. The predicted octanol–water partition coefficient (Wildman–Crippen LogP) is 2.70. The van der Waals surface area contributed by atoms with E-state index in [1.807, 2.05) is 0 Å². The van der Waals surface area contributed by atoms with Gasteiger partial charge in [-0.15, -0.1) is 0 Å². The van der Waals surface area contributed by atoms with Crippen LogP contribution in [-0.2, 0) is 0 Å². The molecule has 0 aliphatic heterocycles. The number of hydrogen-bond donors (Lipinski definition) is 3. The Labute approximate surface area is 92.6 Å². The fourth-order valence-corrected chi connectivity index (χ4v) is 1.13. The molecule has 15 heavy (non-hydrogen) atoms. The molecule has 0 heterocycles. The molecule has 1 aromatic rings. The zero-order chi connectivity index (χ0) is 11.4. The maximum absolute atomic E-state index is 11.2. The number of allylic oxidation sites excluding steroid dienone is 1.